The molecule has 6 nitrogen and oxygen atoms in total. The second kappa shape index (κ2) is 49.3. The van der Waals surface area contributed by atoms with Crippen LogP contribution in [0.15, 0.2) is 12.2 Å². The van der Waals surface area contributed by atoms with Gasteiger partial charge in [-0.1, -0.05) is 238 Å². The number of unbranched alkanes of at least 4 members (excludes halogenated alkanes) is 36. The molecular weight excluding hydrogens is 731 g/mol. The molecule has 2 unspecified atom stereocenters. The summed E-state index contributed by atoms with van der Waals surface area (Å²) in [5, 5.41) is 23.2. The van der Waals surface area contributed by atoms with Gasteiger partial charge >= 0.3 is 5.97 Å². The van der Waals surface area contributed by atoms with Gasteiger partial charge in [0.1, 0.15) is 0 Å². The first-order valence-electron chi connectivity index (χ1n) is 26.4. The lowest BCUT2D eigenvalue weighted by molar-refractivity contribution is -0.143. The van der Waals surface area contributed by atoms with Crippen molar-refractivity contribution in [1.82, 2.24) is 5.32 Å². The summed E-state index contributed by atoms with van der Waals surface area (Å²) < 4.78 is 5.46. The van der Waals surface area contributed by atoms with Crippen LogP contribution in [0.4, 0.5) is 0 Å². The molecule has 0 spiro atoms. The zero-order valence-electron chi connectivity index (χ0n) is 39.7. The van der Waals surface area contributed by atoms with Crippen LogP contribution in [-0.4, -0.2) is 47.4 Å². The molecular formula is C53H103NO5. The predicted octanol–water partition coefficient (Wildman–Crippen LogP) is 15.7. The molecule has 0 aromatic carbocycles. The summed E-state index contributed by atoms with van der Waals surface area (Å²) in [6.45, 7) is 4.92. The maximum atomic E-state index is 12.4. The second-order valence-corrected chi connectivity index (χ2v) is 18.2. The largest absolute Gasteiger partial charge is 0.466 e. The van der Waals surface area contributed by atoms with Gasteiger partial charge in [-0.15, -0.1) is 0 Å². The van der Waals surface area contributed by atoms with E-state index in [-0.39, 0.29) is 18.5 Å². The highest BCUT2D eigenvalue weighted by Gasteiger charge is 2.20. The lowest BCUT2D eigenvalue weighted by Gasteiger charge is -2.22. The third kappa shape index (κ3) is 45.9. The normalized spacial score (nSPS) is 12.7. The maximum absolute atomic E-state index is 12.4. The average Bonchev–Trinajstić information content (AvgIpc) is 3.24. The monoisotopic (exact) mass is 834 g/mol. The number of aliphatic hydroxyl groups is 2. The lowest BCUT2D eigenvalue weighted by atomic mass is 10.0. The number of rotatable bonds is 49. The summed E-state index contributed by atoms with van der Waals surface area (Å²) in [5.74, 6) is -0.0601. The van der Waals surface area contributed by atoms with Crippen LogP contribution in [0.2, 0.25) is 0 Å². The van der Waals surface area contributed by atoms with Gasteiger partial charge in [0.05, 0.1) is 25.4 Å². The van der Waals surface area contributed by atoms with Crippen molar-refractivity contribution in [3.05, 3.63) is 12.2 Å². The minimum absolute atomic E-state index is 0.0125. The van der Waals surface area contributed by atoms with Gasteiger partial charge in [0.25, 0.3) is 0 Å². The number of esters is 1. The number of aliphatic hydroxyl groups excluding tert-OH is 2. The van der Waals surface area contributed by atoms with Gasteiger partial charge < -0.3 is 20.3 Å². The van der Waals surface area contributed by atoms with E-state index in [0.717, 1.165) is 51.4 Å². The van der Waals surface area contributed by atoms with Crippen molar-refractivity contribution in [2.24, 2.45) is 0 Å². The molecule has 350 valence electrons. The van der Waals surface area contributed by atoms with Crippen molar-refractivity contribution < 1.29 is 24.5 Å². The molecule has 0 aliphatic carbocycles. The van der Waals surface area contributed by atoms with Gasteiger partial charge in [-0.2, -0.15) is 0 Å². The number of carbonyl (C=O) groups is 2. The Hall–Kier alpha value is -1.40. The molecule has 0 aliphatic heterocycles. The lowest BCUT2D eigenvalue weighted by Crippen LogP contribution is -2.45. The Balaban J connectivity index is 3.44. The van der Waals surface area contributed by atoms with Crippen LogP contribution < -0.4 is 5.32 Å². The zero-order valence-corrected chi connectivity index (χ0v) is 39.7. The third-order valence-electron chi connectivity index (χ3n) is 12.3. The summed E-state index contributed by atoms with van der Waals surface area (Å²) in [4.78, 5) is 24.5. The molecule has 6 heteroatoms. The van der Waals surface area contributed by atoms with Crippen molar-refractivity contribution in [2.45, 2.75) is 302 Å². The standard InChI is InChI=1S/C53H103NO5/c1-3-5-7-9-11-13-15-17-18-19-23-27-31-35-39-43-47-53(58)59-48-44-40-36-32-28-24-20-22-26-30-34-38-42-46-52(57)54-50(49-55)51(56)45-41-37-33-29-25-21-16-14-12-10-8-6-4-2/h18-19,50-51,55-56H,3-17,20-49H2,1-2H3,(H,54,57)/b19-18-. The topological polar surface area (TPSA) is 95.9 Å². The fraction of sp³-hybridized carbons (Fsp3) is 0.925. The van der Waals surface area contributed by atoms with Crippen molar-refractivity contribution in [2.75, 3.05) is 13.2 Å². The summed E-state index contributed by atoms with van der Waals surface area (Å²) in [6, 6.07) is -0.550. The Morgan fingerprint density at radius 1 is 0.458 bits per heavy atom. The van der Waals surface area contributed by atoms with E-state index in [1.807, 2.05) is 0 Å². The summed E-state index contributed by atoms with van der Waals surface area (Å²) >= 11 is 0. The van der Waals surface area contributed by atoms with Gasteiger partial charge in [-0.3, -0.25) is 9.59 Å². The van der Waals surface area contributed by atoms with E-state index in [1.54, 1.807) is 0 Å². The SMILES string of the molecule is CCCCCCCCC/C=C\CCCCCCCC(=O)OCCCCCCCCCCCCCCCC(=O)NC(CO)C(O)CCCCCCCCCCCCCCC. The molecule has 59 heavy (non-hydrogen) atoms. The molecule has 0 aliphatic rings. The van der Waals surface area contributed by atoms with Gasteiger partial charge in [0.2, 0.25) is 5.91 Å². The molecule has 0 bridgehead atoms. The van der Waals surface area contributed by atoms with Crippen LogP contribution in [0.3, 0.4) is 0 Å². The van der Waals surface area contributed by atoms with E-state index < -0.39 is 12.1 Å². The Morgan fingerprint density at radius 3 is 1.20 bits per heavy atom. The van der Waals surface area contributed by atoms with E-state index in [9.17, 15) is 19.8 Å². The van der Waals surface area contributed by atoms with Crippen molar-refractivity contribution in [3.63, 3.8) is 0 Å². The molecule has 1 amide bonds. The Morgan fingerprint density at radius 2 is 0.797 bits per heavy atom. The molecule has 2 atom stereocenters. The van der Waals surface area contributed by atoms with Crippen LogP contribution >= 0.6 is 0 Å². The second-order valence-electron chi connectivity index (χ2n) is 18.2. The van der Waals surface area contributed by atoms with Crippen molar-refractivity contribution >= 4 is 11.9 Å². The summed E-state index contributed by atoms with van der Waals surface area (Å²) in [6.07, 6.45) is 56.1. The van der Waals surface area contributed by atoms with Crippen LogP contribution in [0.5, 0.6) is 0 Å². The van der Waals surface area contributed by atoms with Crippen molar-refractivity contribution in [1.29, 1.82) is 0 Å². The van der Waals surface area contributed by atoms with Gasteiger partial charge in [0.15, 0.2) is 0 Å². The Bertz CT molecular complexity index is 878. The number of hydrogen-bond donors (Lipinski definition) is 3. The van der Waals surface area contributed by atoms with Crippen molar-refractivity contribution in [3.8, 4) is 0 Å². The summed E-state index contributed by atoms with van der Waals surface area (Å²) in [5.41, 5.74) is 0. The average molecular weight is 834 g/mol. The third-order valence-corrected chi connectivity index (χ3v) is 12.3. The Kier molecular flexibility index (Phi) is 48.1. The number of allylic oxidation sites excluding steroid dienone is 2. The molecule has 0 aromatic rings. The molecule has 3 N–H and O–H groups in total. The minimum atomic E-state index is -0.671. The number of hydrogen-bond acceptors (Lipinski definition) is 5. The zero-order chi connectivity index (χ0) is 43.0. The first-order valence-corrected chi connectivity index (χ1v) is 26.4. The smallest absolute Gasteiger partial charge is 0.305 e. The number of ether oxygens (including phenoxy) is 1. The van der Waals surface area contributed by atoms with Crippen LogP contribution in [0.25, 0.3) is 0 Å². The molecule has 0 radical (unpaired) electrons. The molecule has 0 aromatic heterocycles. The predicted molar refractivity (Wildman–Crippen MR) is 255 cm³/mol. The highest BCUT2D eigenvalue weighted by molar-refractivity contribution is 5.76. The molecule has 0 saturated carbocycles. The minimum Gasteiger partial charge on any atom is -0.466 e. The first-order chi connectivity index (χ1) is 29.0. The van der Waals surface area contributed by atoms with Crippen LogP contribution in [0.1, 0.15) is 290 Å². The fourth-order valence-corrected chi connectivity index (χ4v) is 8.22. The molecule has 0 rings (SSSR count). The number of amides is 1. The van der Waals surface area contributed by atoms with E-state index in [4.69, 9.17) is 4.74 Å². The number of nitrogens with one attached hydrogen (secondary N) is 1. The quantitative estimate of drug-likeness (QED) is 0.0322. The molecule has 0 saturated heterocycles. The van der Waals surface area contributed by atoms with E-state index in [0.29, 0.717) is 25.9 Å². The van der Waals surface area contributed by atoms with Gasteiger partial charge in [-0.25, -0.2) is 0 Å². The highest BCUT2D eigenvalue weighted by Crippen LogP contribution is 2.16. The Labute approximate surface area is 368 Å². The van der Waals surface area contributed by atoms with E-state index in [2.05, 4.69) is 31.3 Å². The highest BCUT2D eigenvalue weighted by atomic mass is 16.5. The van der Waals surface area contributed by atoms with Gasteiger partial charge in [0, 0.05) is 12.8 Å². The molecule has 0 heterocycles. The first kappa shape index (κ1) is 57.6. The van der Waals surface area contributed by atoms with E-state index in [1.165, 1.54) is 205 Å². The summed E-state index contributed by atoms with van der Waals surface area (Å²) in [7, 11) is 0. The number of carbonyl (C=O) groups excluding carboxylic acids is 2. The maximum Gasteiger partial charge on any atom is 0.305 e. The molecule has 0 fully saturated rings. The van der Waals surface area contributed by atoms with Crippen LogP contribution in [-0.2, 0) is 14.3 Å². The van der Waals surface area contributed by atoms with E-state index >= 15 is 0 Å². The van der Waals surface area contributed by atoms with Crippen LogP contribution in [0, 0.1) is 0 Å². The fourth-order valence-electron chi connectivity index (χ4n) is 8.22. The van der Waals surface area contributed by atoms with Gasteiger partial charge in [-0.05, 0) is 51.4 Å².